The molecule has 20 heavy (non-hydrogen) atoms. The van der Waals surface area contributed by atoms with Crippen molar-refractivity contribution in [3.8, 4) is 0 Å². The number of rotatable bonds is 3. The molecule has 1 aromatic carbocycles. The van der Waals surface area contributed by atoms with Crippen LogP contribution in [0.2, 0.25) is 0 Å². The second-order valence-electron chi connectivity index (χ2n) is 4.41. The molecule has 0 spiro atoms. The summed E-state index contributed by atoms with van der Waals surface area (Å²) in [6, 6.07) is 5.58. The van der Waals surface area contributed by atoms with Crippen LogP contribution in [0, 0.1) is 13.8 Å². The van der Waals surface area contributed by atoms with Gasteiger partial charge in [0, 0.05) is 8.95 Å². The molecule has 7 heteroatoms. The van der Waals surface area contributed by atoms with Crippen LogP contribution in [0.5, 0.6) is 0 Å². The highest BCUT2D eigenvalue weighted by atomic mass is 79.9. The van der Waals surface area contributed by atoms with Crippen molar-refractivity contribution in [3.05, 3.63) is 38.5 Å². The molecule has 0 atom stereocenters. The molecule has 2 rings (SSSR count). The molecule has 0 saturated carbocycles. The lowest BCUT2D eigenvalue weighted by Crippen LogP contribution is -2.20. The van der Waals surface area contributed by atoms with Crippen molar-refractivity contribution in [2.45, 2.75) is 20.4 Å². The summed E-state index contributed by atoms with van der Waals surface area (Å²) >= 11 is 6.77. The first-order valence-corrected chi connectivity index (χ1v) is 7.51. The van der Waals surface area contributed by atoms with E-state index in [0.29, 0.717) is 11.4 Å². The molecule has 0 radical (unpaired) electrons. The number of aryl methyl sites for hydroxylation is 1. The van der Waals surface area contributed by atoms with Crippen LogP contribution < -0.4 is 11.1 Å². The summed E-state index contributed by atoms with van der Waals surface area (Å²) in [7, 11) is 0. The summed E-state index contributed by atoms with van der Waals surface area (Å²) in [5.41, 5.74) is 8.71. The molecule has 0 bridgehead atoms. The second-order valence-corrected chi connectivity index (χ2v) is 6.18. The number of carbonyl (C=O) groups excluding carboxylic acids is 1. The van der Waals surface area contributed by atoms with Gasteiger partial charge in [0.2, 0.25) is 5.91 Å². The number of hydrogen-bond acceptors (Lipinski definition) is 3. The minimum atomic E-state index is -0.158. The van der Waals surface area contributed by atoms with Crippen molar-refractivity contribution in [2.75, 3.05) is 11.1 Å². The highest BCUT2D eigenvalue weighted by molar-refractivity contribution is 9.11. The van der Waals surface area contributed by atoms with Crippen molar-refractivity contribution in [1.29, 1.82) is 0 Å². The van der Waals surface area contributed by atoms with Gasteiger partial charge in [-0.05, 0) is 48.0 Å². The summed E-state index contributed by atoms with van der Waals surface area (Å²) in [6.45, 7) is 3.79. The number of nitrogens with two attached hydrogens (primary N) is 1. The third-order valence-corrected chi connectivity index (χ3v) is 4.12. The van der Waals surface area contributed by atoms with E-state index in [9.17, 15) is 4.79 Å². The van der Waals surface area contributed by atoms with Crippen LogP contribution >= 0.6 is 31.9 Å². The maximum absolute atomic E-state index is 12.1. The molecule has 0 unspecified atom stereocenters. The maximum Gasteiger partial charge on any atom is 0.246 e. The monoisotopic (exact) mass is 400 g/mol. The highest BCUT2D eigenvalue weighted by Crippen LogP contribution is 2.26. The molecule has 0 saturated heterocycles. The van der Waals surface area contributed by atoms with Crippen LogP contribution in [0.4, 0.5) is 11.4 Å². The van der Waals surface area contributed by atoms with Crippen LogP contribution in [-0.2, 0) is 11.3 Å². The SMILES string of the molecule is Cc1nn(CC(=O)Nc2cc(Br)ccc2Br)c(C)c1N. The van der Waals surface area contributed by atoms with E-state index in [1.54, 1.807) is 4.68 Å². The Morgan fingerprint density at radius 2 is 2.10 bits per heavy atom. The fourth-order valence-corrected chi connectivity index (χ4v) is 2.49. The Morgan fingerprint density at radius 3 is 2.70 bits per heavy atom. The Bertz CT molecular complexity index is 667. The van der Waals surface area contributed by atoms with Gasteiger partial charge in [0.1, 0.15) is 6.54 Å². The zero-order valence-corrected chi connectivity index (χ0v) is 14.2. The van der Waals surface area contributed by atoms with Crippen molar-refractivity contribution in [3.63, 3.8) is 0 Å². The van der Waals surface area contributed by atoms with Crippen LogP contribution in [-0.4, -0.2) is 15.7 Å². The predicted octanol–water partition coefficient (Wildman–Crippen LogP) is 3.25. The van der Waals surface area contributed by atoms with Gasteiger partial charge in [0.05, 0.1) is 22.8 Å². The van der Waals surface area contributed by atoms with Crippen molar-refractivity contribution >= 4 is 49.1 Å². The number of benzene rings is 1. The lowest BCUT2D eigenvalue weighted by molar-refractivity contribution is -0.116. The lowest BCUT2D eigenvalue weighted by Gasteiger charge is -2.09. The summed E-state index contributed by atoms with van der Waals surface area (Å²) in [4.78, 5) is 12.1. The number of nitrogens with one attached hydrogen (secondary N) is 1. The van der Waals surface area contributed by atoms with Gasteiger partial charge in [0.25, 0.3) is 0 Å². The molecule has 1 heterocycles. The van der Waals surface area contributed by atoms with Gasteiger partial charge in [-0.1, -0.05) is 15.9 Å². The Kier molecular flexibility index (Phi) is 4.49. The van der Waals surface area contributed by atoms with Gasteiger partial charge in [-0.15, -0.1) is 0 Å². The number of nitrogen functional groups attached to an aromatic ring is 1. The number of amides is 1. The molecule has 2 aromatic rings. The summed E-state index contributed by atoms with van der Waals surface area (Å²) in [5.74, 6) is -0.158. The molecular formula is C13H14Br2N4O. The van der Waals surface area contributed by atoms with E-state index in [1.807, 2.05) is 32.0 Å². The Morgan fingerprint density at radius 1 is 1.40 bits per heavy atom. The zero-order chi connectivity index (χ0) is 14.9. The van der Waals surface area contributed by atoms with Crippen LogP contribution in [0.25, 0.3) is 0 Å². The largest absolute Gasteiger partial charge is 0.396 e. The van der Waals surface area contributed by atoms with E-state index in [-0.39, 0.29) is 12.5 Å². The minimum absolute atomic E-state index is 0.128. The predicted molar refractivity (Wildman–Crippen MR) is 86.6 cm³/mol. The third kappa shape index (κ3) is 3.21. The normalized spacial score (nSPS) is 10.6. The van der Waals surface area contributed by atoms with Crippen LogP contribution in [0.3, 0.4) is 0 Å². The second kappa shape index (κ2) is 5.97. The van der Waals surface area contributed by atoms with E-state index < -0.39 is 0 Å². The van der Waals surface area contributed by atoms with Gasteiger partial charge in [-0.25, -0.2) is 0 Å². The Labute approximate surface area is 133 Å². The summed E-state index contributed by atoms with van der Waals surface area (Å²) in [5, 5.41) is 7.08. The lowest BCUT2D eigenvalue weighted by atomic mass is 10.3. The molecular weight excluding hydrogens is 388 g/mol. The topological polar surface area (TPSA) is 72.9 Å². The van der Waals surface area contributed by atoms with Crippen molar-refractivity contribution < 1.29 is 4.79 Å². The quantitative estimate of drug-likeness (QED) is 0.828. The summed E-state index contributed by atoms with van der Waals surface area (Å²) in [6.07, 6.45) is 0. The van der Waals surface area contributed by atoms with E-state index in [0.717, 1.165) is 20.3 Å². The molecule has 0 fully saturated rings. The molecule has 1 amide bonds. The zero-order valence-electron chi connectivity index (χ0n) is 11.1. The number of carbonyl (C=O) groups is 1. The first kappa shape index (κ1) is 15.1. The Balaban J connectivity index is 2.13. The number of anilines is 2. The van der Waals surface area contributed by atoms with Crippen molar-refractivity contribution in [1.82, 2.24) is 9.78 Å². The molecule has 106 valence electrons. The molecule has 0 aliphatic carbocycles. The van der Waals surface area contributed by atoms with E-state index in [4.69, 9.17) is 5.73 Å². The average molecular weight is 402 g/mol. The van der Waals surface area contributed by atoms with Crippen LogP contribution in [0.1, 0.15) is 11.4 Å². The fourth-order valence-electron chi connectivity index (χ4n) is 1.78. The molecule has 3 N–H and O–H groups in total. The minimum Gasteiger partial charge on any atom is -0.396 e. The Hall–Kier alpha value is -1.34. The van der Waals surface area contributed by atoms with E-state index >= 15 is 0 Å². The first-order valence-electron chi connectivity index (χ1n) is 5.93. The van der Waals surface area contributed by atoms with Gasteiger partial charge < -0.3 is 11.1 Å². The standard InChI is InChI=1S/C13H14Br2N4O/c1-7-13(16)8(2)19(18-7)6-12(20)17-11-5-9(14)3-4-10(11)15/h3-5H,6,16H2,1-2H3,(H,17,20). The van der Waals surface area contributed by atoms with Crippen LogP contribution in [0.15, 0.2) is 27.1 Å². The summed E-state index contributed by atoms with van der Waals surface area (Å²) < 4.78 is 3.32. The highest BCUT2D eigenvalue weighted by Gasteiger charge is 2.12. The number of halogens is 2. The van der Waals surface area contributed by atoms with Crippen molar-refractivity contribution in [2.24, 2.45) is 0 Å². The van der Waals surface area contributed by atoms with Gasteiger partial charge >= 0.3 is 0 Å². The number of nitrogens with zero attached hydrogens (tertiary/aromatic N) is 2. The molecule has 0 aliphatic rings. The van der Waals surface area contributed by atoms with Gasteiger partial charge in [0.15, 0.2) is 0 Å². The molecule has 1 aromatic heterocycles. The van der Waals surface area contributed by atoms with E-state index in [1.165, 1.54) is 0 Å². The number of aromatic nitrogens is 2. The first-order chi connectivity index (χ1) is 9.38. The van der Waals surface area contributed by atoms with Gasteiger partial charge in [-0.3, -0.25) is 9.48 Å². The number of hydrogen-bond donors (Lipinski definition) is 2. The fraction of sp³-hybridized carbons (Fsp3) is 0.231. The molecule has 0 aliphatic heterocycles. The average Bonchev–Trinajstić information content (AvgIpc) is 2.61. The van der Waals surface area contributed by atoms with Gasteiger partial charge in [-0.2, -0.15) is 5.10 Å². The third-order valence-electron chi connectivity index (χ3n) is 2.93. The smallest absolute Gasteiger partial charge is 0.246 e. The molecule has 5 nitrogen and oxygen atoms in total. The maximum atomic E-state index is 12.1. The van der Waals surface area contributed by atoms with E-state index in [2.05, 4.69) is 42.3 Å².